The molecular formula is C18H36MnN-. The van der Waals surface area contributed by atoms with Crippen molar-refractivity contribution in [3.8, 4) is 0 Å². The standard InChI is InChI=1S/C18H36N.Mn/c1-2-3-4-5-6-7-8-9-10-11-12-13-14-15-16-17-18-19;/h9-10H,1-8,11-19H2;/q-1;/b10-9-;. The van der Waals surface area contributed by atoms with Gasteiger partial charge in [0.2, 0.25) is 0 Å². The van der Waals surface area contributed by atoms with E-state index in [1.165, 1.54) is 83.5 Å². The summed E-state index contributed by atoms with van der Waals surface area (Å²) in [7, 11) is 0. The molecule has 0 saturated heterocycles. The molecule has 0 aliphatic heterocycles. The summed E-state index contributed by atoms with van der Waals surface area (Å²) in [5.41, 5.74) is 5.47. The Morgan fingerprint density at radius 2 is 1.00 bits per heavy atom. The molecule has 0 unspecified atom stereocenters. The predicted octanol–water partition coefficient (Wildman–Crippen LogP) is 5.79. The Kier molecular flexibility index (Phi) is 24.2. The third-order valence-corrected chi connectivity index (χ3v) is 3.61. The summed E-state index contributed by atoms with van der Waals surface area (Å²) in [4.78, 5) is 0. The van der Waals surface area contributed by atoms with Gasteiger partial charge in [-0.15, -0.1) is 0 Å². The summed E-state index contributed by atoms with van der Waals surface area (Å²) in [6, 6.07) is 0. The average molecular weight is 321 g/mol. The van der Waals surface area contributed by atoms with E-state index in [4.69, 9.17) is 5.73 Å². The van der Waals surface area contributed by atoms with Crippen LogP contribution >= 0.6 is 0 Å². The number of rotatable bonds is 15. The minimum atomic E-state index is 0. The van der Waals surface area contributed by atoms with E-state index in [1.807, 2.05) is 0 Å². The van der Waals surface area contributed by atoms with E-state index < -0.39 is 0 Å². The number of unbranched alkanes of at least 4 members (excludes halogenated alkanes) is 12. The minimum absolute atomic E-state index is 0. The molecule has 0 aromatic heterocycles. The van der Waals surface area contributed by atoms with Gasteiger partial charge in [-0.25, -0.2) is 0 Å². The minimum Gasteiger partial charge on any atom is -0.343 e. The maximum atomic E-state index is 5.47. The molecule has 0 spiro atoms. The molecule has 0 atom stereocenters. The second kappa shape index (κ2) is 21.5. The molecule has 0 aliphatic rings. The Bertz CT molecular complexity index is 180. The first-order valence-corrected chi connectivity index (χ1v) is 8.56. The molecule has 1 radical (unpaired) electrons. The normalized spacial score (nSPS) is 10.9. The van der Waals surface area contributed by atoms with Crippen LogP contribution in [0.4, 0.5) is 0 Å². The molecule has 0 rings (SSSR count). The first kappa shape index (κ1) is 22.5. The van der Waals surface area contributed by atoms with Crippen molar-refractivity contribution in [2.75, 3.05) is 6.54 Å². The van der Waals surface area contributed by atoms with Crippen LogP contribution in [0.15, 0.2) is 12.2 Å². The van der Waals surface area contributed by atoms with Crippen molar-refractivity contribution >= 4 is 0 Å². The van der Waals surface area contributed by atoms with Gasteiger partial charge in [-0.3, -0.25) is 0 Å². The molecule has 2 heteroatoms. The monoisotopic (exact) mass is 321 g/mol. The van der Waals surface area contributed by atoms with Gasteiger partial charge in [0.25, 0.3) is 0 Å². The molecule has 0 aliphatic carbocycles. The van der Waals surface area contributed by atoms with Gasteiger partial charge in [-0.05, 0) is 38.6 Å². The third-order valence-electron chi connectivity index (χ3n) is 3.61. The summed E-state index contributed by atoms with van der Waals surface area (Å²) in [6.45, 7) is 4.73. The van der Waals surface area contributed by atoms with E-state index in [-0.39, 0.29) is 17.1 Å². The van der Waals surface area contributed by atoms with Crippen molar-refractivity contribution in [3.05, 3.63) is 19.1 Å². The van der Waals surface area contributed by atoms with Gasteiger partial charge in [0.05, 0.1) is 0 Å². The zero-order chi connectivity index (χ0) is 14.0. The fourth-order valence-electron chi connectivity index (χ4n) is 2.32. The number of hydrogen-bond acceptors (Lipinski definition) is 1. The largest absolute Gasteiger partial charge is 0.343 e. The molecule has 0 heterocycles. The Labute approximate surface area is 138 Å². The van der Waals surface area contributed by atoms with Crippen molar-refractivity contribution in [1.29, 1.82) is 0 Å². The maximum Gasteiger partial charge on any atom is 0 e. The average Bonchev–Trinajstić information content (AvgIpc) is 2.43. The van der Waals surface area contributed by atoms with E-state index in [2.05, 4.69) is 19.1 Å². The molecule has 0 aromatic carbocycles. The van der Waals surface area contributed by atoms with Gasteiger partial charge < -0.3 is 12.7 Å². The number of hydrogen-bond donors (Lipinski definition) is 1. The van der Waals surface area contributed by atoms with Crippen LogP contribution in [0.25, 0.3) is 0 Å². The predicted molar refractivity (Wildman–Crippen MR) is 88.2 cm³/mol. The summed E-state index contributed by atoms with van der Waals surface area (Å²) in [5, 5.41) is 0. The fourth-order valence-corrected chi connectivity index (χ4v) is 2.32. The molecule has 0 aromatic rings. The second-order valence-corrected chi connectivity index (χ2v) is 5.58. The Hall–Kier alpha value is 0.219. The van der Waals surface area contributed by atoms with Crippen LogP contribution in [-0.2, 0) is 17.1 Å². The van der Waals surface area contributed by atoms with E-state index >= 15 is 0 Å². The molecule has 20 heavy (non-hydrogen) atoms. The quantitative estimate of drug-likeness (QED) is 0.175. The molecule has 0 saturated carbocycles. The van der Waals surface area contributed by atoms with Crippen LogP contribution in [0.5, 0.6) is 0 Å². The van der Waals surface area contributed by atoms with E-state index in [1.54, 1.807) is 0 Å². The summed E-state index contributed by atoms with van der Waals surface area (Å²) < 4.78 is 0. The van der Waals surface area contributed by atoms with Crippen molar-refractivity contribution < 1.29 is 17.1 Å². The van der Waals surface area contributed by atoms with Crippen molar-refractivity contribution in [2.45, 2.75) is 89.9 Å². The van der Waals surface area contributed by atoms with Crippen LogP contribution in [0.1, 0.15) is 89.9 Å². The van der Waals surface area contributed by atoms with Crippen LogP contribution in [-0.4, -0.2) is 6.54 Å². The number of nitrogens with two attached hydrogens (primary N) is 1. The fraction of sp³-hybridized carbons (Fsp3) is 0.833. The van der Waals surface area contributed by atoms with Crippen molar-refractivity contribution in [1.82, 2.24) is 0 Å². The van der Waals surface area contributed by atoms with Crippen molar-refractivity contribution in [2.24, 2.45) is 5.73 Å². The van der Waals surface area contributed by atoms with Gasteiger partial charge >= 0.3 is 0 Å². The van der Waals surface area contributed by atoms with Crippen LogP contribution < -0.4 is 5.73 Å². The Morgan fingerprint density at radius 1 is 0.600 bits per heavy atom. The van der Waals surface area contributed by atoms with Crippen LogP contribution in [0, 0.1) is 6.92 Å². The van der Waals surface area contributed by atoms with Crippen LogP contribution in [0.3, 0.4) is 0 Å². The Balaban J connectivity index is 0. The zero-order valence-corrected chi connectivity index (χ0v) is 14.6. The van der Waals surface area contributed by atoms with Gasteiger partial charge in [0.15, 0.2) is 0 Å². The molecule has 0 amide bonds. The summed E-state index contributed by atoms with van der Waals surface area (Å²) in [5.74, 6) is 0. The van der Waals surface area contributed by atoms with Crippen LogP contribution in [0.2, 0.25) is 0 Å². The van der Waals surface area contributed by atoms with Gasteiger partial charge in [0.1, 0.15) is 0 Å². The first-order valence-electron chi connectivity index (χ1n) is 8.56. The second-order valence-electron chi connectivity index (χ2n) is 5.58. The molecule has 0 fully saturated rings. The van der Waals surface area contributed by atoms with E-state index in [0.29, 0.717) is 0 Å². The Morgan fingerprint density at radius 3 is 1.45 bits per heavy atom. The molecule has 1 nitrogen and oxygen atoms in total. The first-order chi connectivity index (χ1) is 9.41. The van der Waals surface area contributed by atoms with E-state index in [0.717, 1.165) is 13.0 Å². The number of allylic oxidation sites excluding steroid dienone is 2. The molecule has 0 bridgehead atoms. The van der Waals surface area contributed by atoms with E-state index in [9.17, 15) is 0 Å². The van der Waals surface area contributed by atoms with Gasteiger partial charge in [-0.1, -0.05) is 63.5 Å². The molecular weight excluding hydrogens is 285 g/mol. The third kappa shape index (κ3) is 20.5. The SMILES string of the molecule is [CH2-]CCCCCCC/C=C\CCCCCCCCN.[Mn]. The topological polar surface area (TPSA) is 26.0 Å². The zero-order valence-electron chi connectivity index (χ0n) is 13.4. The smallest absolute Gasteiger partial charge is 0 e. The maximum absolute atomic E-state index is 5.47. The molecule has 2 N–H and O–H groups in total. The molecule has 121 valence electrons. The van der Waals surface area contributed by atoms with Crippen molar-refractivity contribution in [3.63, 3.8) is 0 Å². The van der Waals surface area contributed by atoms with Gasteiger partial charge in [0, 0.05) is 17.1 Å². The summed E-state index contributed by atoms with van der Waals surface area (Å²) >= 11 is 0. The summed E-state index contributed by atoms with van der Waals surface area (Å²) in [6.07, 6.45) is 23.3. The van der Waals surface area contributed by atoms with Gasteiger partial charge in [-0.2, -0.15) is 6.42 Å².